The van der Waals surface area contributed by atoms with Gasteiger partial charge in [0.1, 0.15) is 0 Å². The molecule has 128 valence electrons. The maximum atomic E-state index is 12.4. The second-order valence-electron chi connectivity index (χ2n) is 7.27. The van der Waals surface area contributed by atoms with Crippen LogP contribution < -0.4 is 0 Å². The Bertz CT molecular complexity index is 502. The molecule has 2 saturated heterocycles. The van der Waals surface area contributed by atoms with E-state index in [2.05, 4.69) is 45.6 Å². The summed E-state index contributed by atoms with van der Waals surface area (Å²) in [6.45, 7) is 5.34. The first-order valence-electron chi connectivity index (χ1n) is 8.81. The summed E-state index contributed by atoms with van der Waals surface area (Å²) in [4.78, 5) is 19.4. The fraction of sp³-hybridized carbons (Fsp3) is 0.722. The number of nitrogens with zero attached hydrogens (tertiary/aromatic N) is 3. The van der Waals surface area contributed by atoms with E-state index in [1.807, 2.05) is 0 Å². The molecule has 0 radical (unpaired) electrons. The Balaban J connectivity index is 1.55. The first-order valence-corrected chi connectivity index (χ1v) is 9.75. The van der Waals surface area contributed by atoms with E-state index >= 15 is 0 Å². The third kappa shape index (κ3) is 4.34. The normalized spacial score (nSPS) is 25.9. The van der Waals surface area contributed by atoms with Crippen molar-refractivity contribution in [2.75, 3.05) is 40.3 Å². The minimum atomic E-state index is 0.385. The van der Waals surface area contributed by atoms with Gasteiger partial charge in [0.05, 0.1) is 0 Å². The molecule has 2 aliphatic heterocycles. The highest BCUT2D eigenvalue weighted by atomic mass is 32.1. The molecule has 23 heavy (non-hydrogen) atoms. The van der Waals surface area contributed by atoms with Gasteiger partial charge in [-0.2, -0.15) is 11.3 Å². The lowest BCUT2D eigenvalue weighted by atomic mass is 9.83. The summed E-state index contributed by atoms with van der Waals surface area (Å²) in [6.07, 6.45) is 4.05. The first-order chi connectivity index (χ1) is 11.1. The van der Waals surface area contributed by atoms with Crippen molar-refractivity contribution in [2.45, 2.75) is 38.3 Å². The van der Waals surface area contributed by atoms with Crippen molar-refractivity contribution in [1.82, 2.24) is 14.7 Å². The Labute approximate surface area is 144 Å². The zero-order valence-electron chi connectivity index (χ0n) is 14.4. The predicted octanol–water partition coefficient (Wildman–Crippen LogP) is 2.51. The summed E-state index contributed by atoms with van der Waals surface area (Å²) >= 11 is 1.78. The van der Waals surface area contributed by atoms with Crippen LogP contribution in [0.15, 0.2) is 16.8 Å². The number of rotatable bonds is 6. The number of hydrogen-bond donors (Lipinski definition) is 0. The van der Waals surface area contributed by atoms with Crippen molar-refractivity contribution in [3.05, 3.63) is 22.4 Å². The molecule has 3 heterocycles. The molecule has 0 N–H and O–H groups in total. The Morgan fingerprint density at radius 2 is 2.22 bits per heavy atom. The van der Waals surface area contributed by atoms with Crippen molar-refractivity contribution in [3.63, 3.8) is 0 Å². The van der Waals surface area contributed by atoms with E-state index in [1.165, 1.54) is 5.56 Å². The molecule has 2 atom stereocenters. The van der Waals surface area contributed by atoms with Gasteiger partial charge < -0.3 is 9.80 Å². The lowest BCUT2D eigenvalue weighted by molar-refractivity contribution is -0.141. The van der Waals surface area contributed by atoms with Crippen LogP contribution >= 0.6 is 11.3 Å². The maximum Gasteiger partial charge on any atom is 0.222 e. The monoisotopic (exact) mass is 335 g/mol. The number of hydrogen-bond acceptors (Lipinski definition) is 4. The van der Waals surface area contributed by atoms with E-state index in [0.717, 1.165) is 58.4 Å². The van der Waals surface area contributed by atoms with Gasteiger partial charge in [0, 0.05) is 38.6 Å². The van der Waals surface area contributed by atoms with Gasteiger partial charge in [-0.3, -0.25) is 9.69 Å². The average Bonchev–Trinajstić information content (AvgIpc) is 3.02. The SMILES string of the molecule is CN(C)CCCN1C(=O)CC[C@@H]2CN(Cc3ccsc3)CC[C@@H]21. The van der Waals surface area contributed by atoms with Crippen LogP contribution in [0.3, 0.4) is 0 Å². The topological polar surface area (TPSA) is 26.8 Å². The molecule has 3 rings (SSSR count). The molecule has 1 aromatic rings. The molecular formula is C18H29N3OS. The minimum Gasteiger partial charge on any atom is -0.339 e. The molecular weight excluding hydrogens is 306 g/mol. The van der Waals surface area contributed by atoms with Crippen molar-refractivity contribution < 1.29 is 4.79 Å². The highest BCUT2D eigenvalue weighted by Gasteiger charge is 2.38. The van der Waals surface area contributed by atoms with Gasteiger partial charge in [-0.15, -0.1) is 0 Å². The van der Waals surface area contributed by atoms with Gasteiger partial charge in [-0.25, -0.2) is 0 Å². The Kier molecular flexibility index (Phi) is 5.72. The molecule has 0 aliphatic carbocycles. The van der Waals surface area contributed by atoms with Gasteiger partial charge in [-0.05, 0) is 68.2 Å². The summed E-state index contributed by atoms with van der Waals surface area (Å²) in [6, 6.07) is 2.71. The second kappa shape index (κ2) is 7.77. The predicted molar refractivity (Wildman–Crippen MR) is 95.6 cm³/mol. The number of fused-ring (bicyclic) bond motifs is 1. The van der Waals surface area contributed by atoms with Gasteiger partial charge in [0.15, 0.2) is 0 Å². The zero-order chi connectivity index (χ0) is 16.2. The van der Waals surface area contributed by atoms with Crippen molar-refractivity contribution in [1.29, 1.82) is 0 Å². The average molecular weight is 336 g/mol. The smallest absolute Gasteiger partial charge is 0.222 e. The fourth-order valence-electron chi connectivity index (χ4n) is 4.06. The van der Waals surface area contributed by atoms with E-state index in [4.69, 9.17) is 0 Å². The van der Waals surface area contributed by atoms with Crippen molar-refractivity contribution >= 4 is 17.2 Å². The molecule has 0 saturated carbocycles. The van der Waals surface area contributed by atoms with Crippen LogP contribution in [0.1, 0.15) is 31.2 Å². The summed E-state index contributed by atoms with van der Waals surface area (Å²) < 4.78 is 0. The number of carbonyl (C=O) groups excluding carboxylic acids is 1. The highest BCUT2D eigenvalue weighted by Crippen LogP contribution is 2.32. The lowest BCUT2D eigenvalue weighted by Gasteiger charge is -2.47. The molecule has 5 heteroatoms. The van der Waals surface area contributed by atoms with E-state index in [-0.39, 0.29) is 0 Å². The number of amides is 1. The van der Waals surface area contributed by atoms with Crippen LogP contribution in [-0.4, -0.2) is 66.9 Å². The van der Waals surface area contributed by atoms with E-state index in [1.54, 1.807) is 11.3 Å². The van der Waals surface area contributed by atoms with Gasteiger partial charge >= 0.3 is 0 Å². The fourth-order valence-corrected chi connectivity index (χ4v) is 4.72. The van der Waals surface area contributed by atoms with E-state index < -0.39 is 0 Å². The summed E-state index contributed by atoms with van der Waals surface area (Å²) in [5.41, 5.74) is 1.43. The third-order valence-electron chi connectivity index (χ3n) is 5.22. The highest BCUT2D eigenvalue weighted by molar-refractivity contribution is 7.07. The molecule has 2 fully saturated rings. The summed E-state index contributed by atoms with van der Waals surface area (Å²) in [7, 11) is 4.20. The van der Waals surface area contributed by atoms with Crippen LogP contribution in [0.2, 0.25) is 0 Å². The maximum absolute atomic E-state index is 12.4. The van der Waals surface area contributed by atoms with Gasteiger partial charge in [0.25, 0.3) is 0 Å². The van der Waals surface area contributed by atoms with Crippen LogP contribution in [0.5, 0.6) is 0 Å². The van der Waals surface area contributed by atoms with Gasteiger partial charge in [0.2, 0.25) is 5.91 Å². The van der Waals surface area contributed by atoms with Crippen LogP contribution in [-0.2, 0) is 11.3 Å². The van der Waals surface area contributed by atoms with Crippen LogP contribution in [0.4, 0.5) is 0 Å². The number of thiophene rings is 1. The standard InChI is InChI=1S/C18H29N3OS/c1-19(2)8-3-9-21-17-6-10-20(12-15-7-11-23-14-15)13-16(17)4-5-18(21)22/h7,11,14,16-17H,3-6,8-10,12-13H2,1-2H3/t16-,17+/m1/s1. The molecule has 0 aromatic carbocycles. The van der Waals surface area contributed by atoms with E-state index in [0.29, 0.717) is 17.9 Å². The third-order valence-corrected chi connectivity index (χ3v) is 5.95. The number of carbonyl (C=O) groups is 1. The van der Waals surface area contributed by atoms with Crippen molar-refractivity contribution in [2.24, 2.45) is 5.92 Å². The second-order valence-corrected chi connectivity index (χ2v) is 8.05. The molecule has 0 unspecified atom stereocenters. The summed E-state index contributed by atoms with van der Waals surface area (Å²) in [5.74, 6) is 1.05. The van der Waals surface area contributed by atoms with Crippen LogP contribution in [0.25, 0.3) is 0 Å². The van der Waals surface area contributed by atoms with Gasteiger partial charge in [-0.1, -0.05) is 0 Å². The largest absolute Gasteiger partial charge is 0.339 e. The van der Waals surface area contributed by atoms with E-state index in [9.17, 15) is 4.79 Å². The molecule has 0 bridgehead atoms. The molecule has 2 aliphatic rings. The lowest BCUT2D eigenvalue weighted by Crippen LogP contribution is -2.56. The Hall–Kier alpha value is -0.910. The molecule has 1 aromatic heterocycles. The summed E-state index contributed by atoms with van der Waals surface area (Å²) in [5, 5.41) is 4.41. The first kappa shape index (κ1) is 16.9. The number of piperidine rings is 2. The molecule has 0 spiro atoms. The minimum absolute atomic E-state index is 0.385. The zero-order valence-corrected chi connectivity index (χ0v) is 15.2. The number of likely N-dealkylation sites (tertiary alicyclic amines) is 2. The Morgan fingerprint density at radius 1 is 1.35 bits per heavy atom. The molecule has 4 nitrogen and oxygen atoms in total. The molecule has 1 amide bonds. The van der Waals surface area contributed by atoms with Crippen LogP contribution in [0, 0.1) is 5.92 Å². The van der Waals surface area contributed by atoms with Crippen molar-refractivity contribution in [3.8, 4) is 0 Å². The Morgan fingerprint density at radius 3 is 2.96 bits per heavy atom. The quantitative estimate of drug-likeness (QED) is 0.799.